The minimum atomic E-state index is 0.118. The number of nitrogens with zero attached hydrogens (tertiary/aromatic N) is 3. The highest BCUT2D eigenvalue weighted by molar-refractivity contribution is 4.39. The van der Waals surface area contributed by atoms with Gasteiger partial charge in [0.1, 0.15) is 0 Å². The fourth-order valence-corrected chi connectivity index (χ4v) is 0.570. The van der Waals surface area contributed by atoms with Crippen molar-refractivity contribution in [2.24, 2.45) is 11.0 Å². The van der Waals surface area contributed by atoms with E-state index in [-0.39, 0.29) is 4.97 Å². The third-order valence-corrected chi connectivity index (χ3v) is 1.07. The fraction of sp³-hybridized carbons (Fsp3) is 1.00. The fourth-order valence-electron chi connectivity index (χ4n) is 0.570. The van der Waals surface area contributed by atoms with Gasteiger partial charge in [0.15, 0.2) is 0 Å². The predicted molar refractivity (Wildman–Crippen MR) is 34.1 cm³/mol. The van der Waals surface area contributed by atoms with E-state index >= 15 is 0 Å². The van der Waals surface area contributed by atoms with Crippen LogP contribution in [0.5, 0.6) is 0 Å². The van der Waals surface area contributed by atoms with Gasteiger partial charge in [0, 0.05) is 6.54 Å². The second kappa shape index (κ2) is 4.80. The first-order valence-electron chi connectivity index (χ1n) is 3.03. The van der Waals surface area contributed by atoms with Gasteiger partial charge in [-0.25, -0.2) is 0 Å². The first-order chi connectivity index (χ1) is 4.76. The molecule has 0 radical (unpaired) electrons. The Morgan fingerprint density at radius 1 is 1.80 bits per heavy atom. The Hall–Kier alpha value is -1.04. The summed E-state index contributed by atoms with van der Waals surface area (Å²) < 4.78 is 0. The van der Waals surface area contributed by atoms with Gasteiger partial charge in [0.2, 0.25) is 5.28 Å². The molecule has 3 N–H and O–H groups in total. The van der Waals surface area contributed by atoms with E-state index < -0.39 is 0 Å². The average Bonchev–Trinajstić information content (AvgIpc) is 1.99. The van der Waals surface area contributed by atoms with Crippen LogP contribution < -0.4 is 5.73 Å². The van der Waals surface area contributed by atoms with Gasteiger partial charge in [-0.05, 0) is 6.92 Å². The Morgan fingerprint density at radius 2 is 2.40 bits per heavy atom. The van der Waals surface area contributed by atoms with Crippen molar-refractivity contribution in [3.05, 3.63) is 5.21 Å². The summed E-state index contributed by atoms with van der Waals surface area (Å²) in [4.78, 5) is 0.118. The van der Waals surface area contributed by atoms with Crippen molar-refractivity contribution in [3.63, 3.8) is 0 Å². The molecule has 0 bridgehead atoms. The molecular weight excluding hydrogens is 136 g/mol. The largest absolute Gasteiger partial charge is 0.569 e. The van der Waals surface area contributed by atoms with Crippen LogP contribution in [0.15, 0.2) is 5.28 Å². The van der Waals surface area contributed by atoms with Crippen LogP contribution in [0.4, 0.5) is 0 Å². The molecule has 0 spiro atoms. The van der Waals surface area contributed by atoms with Crippen LogP contribution >= 0.6 is 0 Å². The molecule has 0 heterocycles. The van der Waals surface area contributed by atoms with Crippen LogP contribution in [0.25, 0.3) is 0 Å². The molecular formula is C4H12N4O2. The van der Waals surface area contributed by atoms with Gasteiger partial charge in [-0.2, -0.15) is 0 Å². The zero-order chi connectivity index (χ0) is 7.98. The summed E-state index contributed by atoms with van der Waals surface area (Å²) in [5.41, 5.74) is 5.17. The molecule has 0 aromatic heterocycles. The summed E-state index contributed by atoms with van der Waals surface area (Å²) in [5, 5.41) is 22.2. The zero-order valence-electron chi connectivity index (χ0n) is 5.90. The Morgan fingerprint density at radius 3 is 2.70 bits per heavy atom. The third kappa shape index (κ3) is 2.49. The lowest BCUT2D eigenvalue weighted by Gasteiger charge is -2.13. The van der Waals surface area contributed by atoms with Crippen LogP contribution in [0.2, 0.25) is 0 Å². The van der Waals surface area contributed by atoms with Gasteiger partial charge in [-0.15, -0.1) is 5.01 Å². The molecule has 0 aromatic carbocycles. The predicted octanol–water partition coefficient (Wildman–Crippen LogP) is -0.466. The van der Waals surface area contributed by atoms with E-state index in [0.29, 0.717) is 19.6 Å². The van der Waals surface area contributed by atoms with Crippen molar-refractivity contribution in [2.75, 3.05) is 19.6 Å². The first kappa shape index (κ1) is 8.96. The van der Waals surface area contributed by atoms with E-state index in [1.165, 1.54) is 5.01 Å². The van der Waals surface area contributed by atoms with E-state index in [1.807, 2.05) is 0 Å². The number of hydrogen-bond acceptors (Lipinski definition) is 3. The standard InChI is InChI=1S/C4H12N4O2/c1-2-7(4-3-5)8(10)6-9/h9H,2-5H2,1H3/b8-6+. The summed E-state index contributed by atoms with van der Waals surface area (Å²) in [6.45, 7) is 3.00. The van der Waals surface area contributed by atoms with E-state index in [4.69, 9.17) is 10.9 Å². The molecule has 0 aliphatic carbocycles. The molecule has 6 nitrogen and oxygen atoms in total. The maximum Gasteiger partial charge on any atom is 0.230 e. The molecule has 0 rings (SSSR count). The van der Waals surface area contributed by atoms with Gasteiger partial charge < -0.3 is 16.1 Å². The molecule has 0 fully saturated rings. The highest BCUT2D eigenvalue weighted by Gasteiger charge is 2.06. The van der Waals surface area contributed by atoms with E-state index in [0.717, 1.165) is 0 Å². The zero-order valence-corrected chi connectivity index (χ0v) is 5.90. The third-order valence-electron chi connectivity index (χ3n) is 1.07. The maximum atomic E-state index is 10.5. The molecule has 0 unspecified atom stereocenters. The smallest absolute Gasteiger partial charge is 0.230 e. The molecule has 0 atom stereocenters. The van der Waals surface area contributed by atoms with Crippen molar-refractivity contribution < 1.29 is 10.2 Å². The van der Waals surface area contributed by atoms with Crippen LogP contribution in [0.3, 0.4) is 0 Å². The molecule has 0 aliphatic heterocycles. The van der Waals surface area contributed by atoms with E-state index in [9.17, 15) is 5.21 Å². The molecule has 0 aromatic rings. The number of hydrogen-bond donors (Lipinski definition) is 2. The minimum Gasteiger partial charge on any atom is -0.569 e. The Bertz CT molecular complexity index is 116. The molecule has 0 aliphatic rings. The average molecular weight is 148 g/mol. The molecule has 0 saturated heterocycles. The minimum absolute atomic E-state index is 0.118. The van der Waals surface area contributed by atoms with Gasteiger partial charge in [-0.3, -0.25) is 0 Å². The molecule has 0 saturated carbocycles. The van der Waals surface area contributed by atoms with Gasteiger partial charge in [-0.1, -0.05) is 0 Å². The lowest BCUT2D eigenvalue weighted by Crippen LogP contribution is -2.34. The van der Waals surface area contributed by atoms with Gasteiger partial charge in [0.25, 0.3) is 0 Å². The summed E-state index contributed by atoms with van der Waals surface area (Å²) in [7, 11) is 0. The van der Waals surface area contributed by atoms with Gasteiger partial charge >= 0.3 is 0 Å². The lowest BCUT2D eigenvalue weighted by molar-refractivity contribution is -0.708. The van der Waals surface area contributed by atoms with E-state index in [2.05, 4.69) is 5.28 Å². The highest BCUT2D eigenvalue weighted by atomic mass is 16.6. The number of hydrazine groups is 1. The topological polar surface area (TPSA) is 87.9 Å². The van der Waals surface area contributed by atoms with Crippen LogP contribution in [-0.2, 0) is 0 Å². The van der Waals surface area contributed by atoms with Crippen LogP contribution in [0, 0.1) is 5.21 Å². The van der Waals surface area contributed by atoms with Crippen molar-refractivity contribution in [1.29, 1.82) is 0 Å². The molecule has 0 amide bonds. The Kier molecular flexibility index (Phi) is 4.30. The number of likely N-dealkylation sites (N-methyl/N-ethyl adjacent to an activating group) is 1. The second-order valence-corrected chi connectivity index (χ2v) is 1.68. The van der Waals surface area contributed by atoms with Gasteiger partial charge in [0.05, 0.1) is 18.1 Å². The summed E-state index contributed by atoms with van der Waals surface area (Å²) in [6, 6.07) is 0. The first-order valence-corrected chi connectivity index (χ1v) is 3.03. The Labute approximate surface area is 59.1 Å². The second-order valence-electron chi connectivity index (χ2n) is 1.68. The normalized spacial score (nSPS) is 11.6. The molecule has 10 heavy (non-hydrogen) atoms. The molecule has 6 heteroatoms. The summed E-state index contributed by atoms with van der Waals surface area (Å²) in [6.07, 6.45) is 0. The van der Waals surface area contributed by atoms with E-state index in [1.54, 1.807) is 6.92 Å². The summed E-state index contributed by atoms with van der Waals surface area (Å²) >= 11 is 0. The number of rotatable bonds is 4. The lowest BCUT2D eigenvalue weighted by atomic mass is 10.6. The Balaban J connectivity index is 3.80. The monoisotopic (exact) mass is 148 g/mol. The van der Waals surface area contributed by atoms with Crippen LogP contribution in [0.1, 0.15) is 6.92 Å². The van der Waals surface area contributed by atoms with Crippen molar-refractivity contribution in [1.82, 2.24) is 5.01 Å². The van der Waals surface area contributed by atoms with Crippen LogP contribution in [-0.4, -0.2) is 34.8 Å². The molecule has 60 valence electrons. The maximum absolute atomic E-state index is 10.5. The van der Waals surface area contributed by atoms with Crippen molar-refractivity contribution >= 4 is 0 Å². The van der Waals surface area contributed by atoms with Crippen molar-refractivity contribution in [2.45, 2.75) is 6.92 Å². The summed E-state index contributed by atoms with van der Waals surface area (Å²) in [5.74, 6) is 0. The highest BCUT2D eigenvalue weighted by Crippen LogP contribution is 1.86. The van der Waals surface area contributed by atoms with Crippen molar-refractivity contribution in [3.8, 4) is 0 Å². The SMILES string of the molecule is CCN(CCN)/[N+]([O-])=N\O. The quantitative estimate of drug-likeness (QED) is 0.320. The number of nitrogens with two attached hydrogens (primary N) is 1.